The number of hydrogen-bond donors (Lipinski definition) is 1. The van der Waals surface area contributed by atoms with Gasteiger partial charge in [-0.25, -0.2) is 4.98 Å². The molecule has 0 bridgehead atoms. The highest BCUT2D eigenvalue weighted by atomic mass is 16.5. The summed E-state index contributed by atoms with van der Waals surface area (Å²) in [5, 5.41) is 3.40. The molecule has 0 aliphatic carbocycles. The SMILES string of the molecule is CCCNCc1ccnc(OC2CCN(C)CC2)c1. The van der Waals surface area contributed by atoms with Crippen LogP contribution in [0.4, 0.5) is 0 Å². The molecule has 1 aliphatic heterocycles. The standard InChI is InChI=1S/C15H25N3O/c1-3-7-16-12-13-4-8-17-15(11-13)19-14-5-9-18(2)10-6-14/h4,8,11,14,16H,3,5-7,9-10,12H2,1-2H3. The van der Waals surface area contributed by atoms with E-state index in [-0.39, 0.29) is 0 Å². The Kier molecular flexibility index (Phi) is 5.61. The van der Waals surface area contributed by atoms with Crippen molar-refractivity contribution >= 4 is 0 Å². The van der Waals surface area contributed by atoms with Crippen LogP contribution in [0.5, 0.6) is 5.88 Å². The van der Waals surface area contributed by atoms with Gasteiger partial charge in [0.1, 0.15) is 6.10 Å². The van der Waals surface area contributed by atoms with Crippen molar-refractivity contribution < 1.29 is 4.74 Å². The summed E-state index contributed by atoms with van der Waals surface area (Å²) in [6.07, 6.45) is 5.51. The van der Waals surface area contributed by atoms with Gasteiger partial charge in [-0.3, -0.25) is 0 Å². The second kappa shape index (κ2) is 7.46. The maximum atomic E-state index is 5.99. The number of rotatable bonds is 6. The Morgan fingerprint density at radius 1 is 1.42 bits per heavy atom. The third kappa shape index (κ3) is 4.80. The lowest BCUT2D eigenvalue weighted by Gasteiger charge is -2.28. The lowest BCUT2D eigenvalue weighted by molar-refractivity contribution is 0.110. The third-order valence-electron chi connectivity index (χ3n) is 3.51. The minimum Gasteiger partial charge on any atom is -0.474 e. The summed E-state index contributed by atoms with van der Waals surface area (Å²) in [4.78, 5) is 6.66. The maximum absolute atomic E-state index is 5.99. The predicted molar refractivity (Wildman–Crippen MR) is 77.4 cm³/mol. The van der Waals surface area contributed by atoms with E-state index < -0.39 is 0 Å². The van der Waals surface area contributed by atoms with Gasteiger partial charge in [-0.2, -0.15) is 0 Å². The molecule has 106 valence electrons. The Morgan fingerprint density at radius 3 is 2.95 bits per heavy atom. The van der Waals surface area contributed by atoms with Crippen molar-refractivity contribution in [2.24, 2.45) is 0 Å². The van der Waals surface area contributed by atoms with Crippen LogP contribution >= 0.6 is 0 Å². The first-order valence-electron chi connectivity index (χ1n) is 7.28. The van der Waals surface area contributed by atoms with Crippen LogP contribution in [0.1, 0.15) is 31.7 Å². The molecule has 1 N–H and O–H groups in total. The Balaban J connectivity index is 1.84. The smallest absolute Gasteiger partial charge is 0.213 e. The van der Waals surface area contributed by atoms with Gasteiger partial charge in [0, 0.05) is 31.9 Å². The zero-order valence-corrected chi connectivity index (χ0v) is 12.1. The molecule has 4 nitrogen and oxygen atoms in total. The van der Waals surface area contributed by atoms with Crippen LogP contribution in [0.3, 0.4) is 0 Å². The molecule has 1 aliphatic rings. The third-order valence-corrected chi connectivity index (χ3v) is 3.51. The van der Waals surface area contributed by atoms with E-state index in [1.165, 1.54) is 5.56 Å². The average Bonchev–Trinajstić information content (AvgIpc) is 2.42. The molecule has 0 aromatic carbocycles. The monoisotopic (exact) mass is 263 g/mol. The van der Waals surface area contributed by atoms with E-state index in [1.54, 1.807) is 0 Å². The summed E-state index contributed by atoms with van der Waals surface area (Å²) >= 11 is 0. The van der Waals surface area contributed by atoms with Crippen LogP contribution in [0, 0.1) is 0 Å². The first kappa shape index (κ1) is 14.3. The van der Waals surface area contributed by atoms with Crippen molar-refractivity contribution in [3.63, 3.8) is 0 Å². The zero-order chi connectivity index (χ0) is 13.5. The van der Waals surface area contributed by atoms with Crippen molar-refractivity contribution in [2.45, 2.75) is 38.8 Å². The van der Waals surface area contributed by atoms with Gasteiger partial charge in [-0.15, -0.1) is 0 Å². The van der Waals surface area contributed by atoms with Gasteiger partial charge in [-0.1, -0.05) is 6.92 Å². The number of ether oxygens (including phenoxy) is 1. The molecule has 0 radical (unpaired) electrons. The molecule has 0 saturated carbocycles. The van der Waals surface area contributed by atoms with Gasteiger partial charge in [0.2, 0.25) is 5.88 Å². The first-order chi connectivity index (χ1) is 9.28. The Bertz CT molecular complexity index is 375. The predicted octanol–water partition coefficient (Wildman–Crippen LogP) is 2.05. The molecule has 0 amide bonds. The van der Waals surface area contributed by atoms with Gasteiger partial charge >= 0.3 is 0 Å². The molecule has 4 heteroatoms. The number of pyridine rings is 1. The van der Waals surface area contributed by atoms with Crippen LogP contribution in [-0.2, 0) is 6.54 Å². The molecule has 0 spiro atoms. The molecule has 1 aromatic heterocycles. The number of nitrogens with one attached hydrogen (secondary N) is 1. The summed E-state index contributed by atoms with van der Waals surface area (Å²) in [5.74, 6) is 0.769. The Labute approximate surface area is 116 Å². The molecule has 1 fully saturated rings. The molecular formula is C15H25N3O. The van der Waals surface area contributed by atoms with Gasteiger partial charge in [0.05, 0.1) is 0 Å². The summed E-state index contributed by atoms with van der Waals surface area (Å²) in [7, 11) is 2.16. The van der Waals surface area contributed by atoms with Crippen LogP contribution in [0.2, 0.25) is 0 Å². The summed E-state index contributed by atoms with van der Waals surface area (Å²) in [6, 6.07) is 4.10. The number of nitrogens with zero attached hydrogens (tertiary/aromatic N) is 2. The summed E-state index contributed by atoms with van der Waals surface area (Å²) < 4.78 is 5.99. The topological polar surface area (TPSA) is 37.4 Å². The van der Waals surface area contributed by atoms with E-state index in [9.17, 15) is 0 Å². The lowest BCUT2D eigenvalue weighted by atomic mass is 10.1. The quantitative estimate of drug-likeness (QED) is 0.797. The van der Waals surface area contributed by atoms with Crippen molar-refractivity contribution in [3.8, 4) is 5.88 Å². The first-order valence-corrected chi connectivity index (χ1v) is 7.28. The average molecular weight is 263 g/mol. The zero-order valence-electron chi connectivity index (χ0n) is 12.1. The molecule has 1 saturated heterocycles. The minimum atomic E-state index is 0.322. The lowest BCUT2D eigenvalue weighted by Crippen LogP contribution is -2.35. The molecule has 0 atom stereocenters. The molecule has 1 aromatic rings. The van der Waals surface area contributed by atoms with Crippen molar-refractivity contribution in [1.82, 2.24) is 15.2 Å². The second-order valence-corrected chi connectivity index (χ2v) is 5.30. The van der Waals surface area contributed by atoms with Crippen LogP contribution < -0.4 is 10.1 Å². The fourth-order valence-corrected chi connectivity index (χ4v) is 2.31. The van der Waals surface area contributed by atoms with Gasteiger partial charge in [-0.05, 0) is 44.5 Å². The Morgan fingerprint density at radius 2 is 2.21 bits per heavy atom. The van der Waals surface area contributed by atoms with Crippen LogP contribution in [0.25, 0.3) is 0 Å². The van der Waals surface area contributed by atoms with Gasteiger partial charge in [0.25, 0.3) is 0 Å². The molecule has 2 heterocycles. The highest BCUT2D eigenvalue weighted by Crippen LogP contribution is 2.17. The van der Waals surface area contributed by atoms with Crippen molar-refractivity contribution in [2.75, 3.05) is 26.7 Å². The summed E-state index contributed by atoms with van der Waals surface area (Å²) in [5.41, 5.74) is 1.24. The maximum Gasteiger partial charge on any atom is 0.213 e. The van der Waals surface area contributed by atoms with E-state index in [4.69, 9.17) is 4.74 Å². The van der Waals surface area contributed by atoms with Crippen LogP contribution in [0.15, 0.2) is 18.3 Å². The van der Waals surface area contributed by atoms with E-state index in [2.05, 4.69) is 35.2 Å². The highest BCUT2D eigenvalue weighted by Gasteiger charge is 2.18. The number of aromatic nitrogens is 1. The van der Waals surface area contributed by atoms with E-state index in [0.717, 1.165) is 51.3 Å². The van der Waals surface area contributed by atoms with Crippen LogP contribution in [-0.4, -0.2) is 42.7 Å². The van der Waals surface area contributed by atoms with E-state index in [0.29, 0.717) is 6.10 Å². The highest BCUT2D eigenvalue weighted by molar-refractivity contribution is 5.20. The molecule has 0 unspecified atom stereocenters. The van der Waals surface area contributed by atoms with E-state index >= 15 is 0 Å². The number of hydrogen-bond acceptors (Lipinski definition) is 4. The molecule has 19 heavy (non-hydrogen) atoms. The van der Waals surface area contributed by atoms with Gasteiger partial charge < -0.3 is 15.0 Å². The summed E-state index contributed by atoms with van der Waals surface area (Å²) in [6.45, 7) is 6.34. The Hall–Kier alpha value is -1.13. The van der Waals surface area contributed by atoms with Crippen molar-refractivity contribution in [1.29, 1.82) is 0 Å². The fourth-order valence-electron chi connectivity index (χ4n) is 2.31. The van der Waals surface area contributed by atoms with Crippen molar-refractivity contribution in [3.05, 3.63) is 23.9 Å². The minimum absolute atomic E-state index is 0.322. The van der Waals surface area contributed by atoms with E-state index in [1.807, 2.05) is 12.3 Å². The fraction of sp³-hybridized carbons (Fsp3) is 0.667. The number of piperidine rings is 1. The number of likely N-dealkylation sites (tertiary alicyclic amines) is 1. The largest absolute Gasteiger partial charge is 0.474 e. The molecule has 2 rings (SSSR count). The normalized spacial score (nSPS) is 17.6. The molecular weight excluding hydrogens is 238 g/mol. The van der Waals surface area contributed by atoms with Gasteiger partial charge in [0.15, 0.2) is 0 Å². The second-order valence-electron chi connectivity index (χ2n) is 5.30.